The first kappa shape index (κ1) is 14.5. The summed E-state index contributed by atoms with van der Waals surface area (Å²) in [5, 5.41) is 11.2. The van der Waals surface area contributed by atoms with Crippen LogP contribution in [0.5, 0.6) is 5.75 Å². The third kappa shape index (κ3) is 3.36. The Morgan fingerprint density at radius 3 is 2.45 bits per heavy atom. The Balaban J connectivity index is 2.00. The van der Waals surface area contributed by atoms with Crippen LogP contribution < -0.4 is 10.5 Å². The number of nitrogens with two attached hydrogens (primary N) is 1. The molecular formula is C13H17F2N3O2. The van der Waals surface area contributed by atoms with E-state index in [2.05, 4.69) is 10.1 Å². The van der Waals surface area contributed by atoms with E-state index in [1.807, 2.05) is 0 Å². The molecule has 0 aliphatic carbocycles. The van der Waals surface area contributed by atoms with Crippen LogP contribution in [0, 0.1) is 11.6 Å². The SMILES string of the molecule is N/C(=N/O)c1cc(F)c(OCCN2CCCC2)c(F)c1. The van der Waals surface area contributed by atoms with E-state index in [4.69, 9.17) is 15.7 Å². The van der Waals surface area contributed by atoms with Crippen LogP contribution >= 0.6 is 0 Å². The van der Waals surface area contributed by atoms with E-state index in [9.17, 15) is 8.78 Å². The average Bonchev–Trinajstić information content (AvgIpc) is 2.93. The molecule has 1 aromatic carbocycles. The van der Waals surface area contributed by atoms with E-state index < -0.39 is 17.4 Å². The van der Waals surface area contributed by atoms with Gasteiger partial charge in [0.2, 0.25) is 0 Å². The molecule has 7 heteroatoms. The van der Waals surface area contributed by atoms with Crippen LogP contribution in [0.1, 0.15) is 18.4 Å². The Hall–Kier alpha value is -1.89. The molecule has 0 atom stereocenters. The zero-order valence-corrected chi connectivity index (χ0v) is 11.0. The highest BCUT2D eigenvalue weighted by molar-refractivity contribution is 5.97. The normalized spacial score (nSPS) is 16.6. The highest BCUT2D eigenvalue weighted by atomic mass is 19.1. The molecule has 2 rings (SSSR count). The molecule has 0 spiro atoms. The first-order valence-electron chi connectivity index (χ1n) is 6.44. The van der Waals surface area contributed by atoms with E-state index in [1.165, 1.54) is 0 Å². The third-order valence-corrected chi connectivity index (χ3v) is 3.25. The van der Waals surface area contributed by atoms with Crippen LogP contribution in [-0.2, 0) is 0 Å². The van der Waals surface area contributed by atoms with Crippen LogP contribution in [-0.4, -0.2) is 42.2 Å². The maximum Gasteiger partial charge on any atom is 0.190 e. The van der Waals surface area contributed by atoms with Gasteiger partial charge in [-0.25, -0.2) is 8.78 Å². The van der Waals surface area contributed by atoms with Crippen molar-refractivity contribution in [2.24, 2.45) is 10.9 Å². The number of ether oxygens (including phenoxy) is 1. The lowest BCUT2D eigenvalue weighted by Crippen LogP contribution is -2.25. The Morgan fingerprint density at radius 2 is 1.90 bits per heavy atom. The second-order valence-corrected chi connectivity index (χ2v) is 4.65. The zero-order valence-electron chi connectivity index (χ0n) is 11.0. The highest BCUT2D eigenvalue weighted by Gasteiger charge is 2.16. The summed E-state index contributed by atoms with van der Waals surface area (Å²) in [6.45, 7) is 2.85. The van der Waals surface area contributed by atoms with Crippen molar-refractivity contribution in [3.05, 3.63) is 29.3 Å². The molecule has 5 nitrogen and oxygen atoms in total. The molecule has 0 unspecified atom stereocenters. The molecule has 0 saturated carbocycles. The summed E-state index contributed by atoms with van der Waals surface area (Å²) in [6.07, 6.45) is 2.30. The molecule has 1 saturated heterocycles. The van der Waals surface area contributed by atoms with Gasteiger partial charge in [0.05, 0.1) is 0 Å². The van der Waals surface area contributed by atoms with E-state index in [1.54, 1.807) is 0 Å². The number of hydrogen-bond acceptors (Lipinski definition) is 4. The fourth-order valence-electron chi connectivity index (χ4n) is 2.19. The number of likely N-dealkylation sites (tertiary alicyclic amines) is 1. The summed E-state index contributed by atoms with van der Waals surface area (Å²) >= 11 is 0. The second-order valence-electron chi connectivity index (χ2n) is 4.65. The lowest BCUT2D eigenvalue weighted by molar-refractivity contribution is 0.223. The van der Waals surface area contributed by atoms with Crippen molar-refractivity contribution in [3.8, 4) is 5.75 Å². The quantitative estimate of drug-likeness (QED) is 0.372. The first-order valence-corrected chi connectivity index (χ1v) is 6.44. The smallest absolute Gasteiger partial charge is 0.190 e. The molecule has 1 aliphatic rings. The van der Waals surface area contributed by atoms with E-state index >= 15 is 0 Å². The molecule has 20 heavy (non-hydrogen) atoms. The second kappa shape index (κ2) is 6.51. The fraction of sp³-hybridized carbons (Fsp3) is 0.462. The molecule has 1 aliphatic heterocycles. The van der Waals surface area contributed by atoms with Crippen LogP contribution in [0.4, 0.5) is 8.78 Å². The minimum Gasteiger partial charge on any atom is -0.486 e. The molecule has 1 heterocycles. The van der Waals surface area contributed by atoms with Crippen molar-refractivity contribution in [2.45, 2.75) is 12.8 Å². The zero-order chi connectivity index (χ0) is 14.5. The maximum atomic E-state index is 13.7. The monoisotopic (exact) mass is 285 g/mol. The predicted octanol–water partition coefficient (Wildman–Crippen LogP) is 1.53. The number of halogens is 2. The van der Waals surface area contributed by atoms with E-state index in [0.717, 1.165) is 38.1 Å². The van der Waals surface area contributed by atoms with Gasteiger partial charge in [0.15, 0.2) is 23.2 Å². The standard InChI is InChI=1S/C13H17F2N3O2/c14-10-7-9(13(16)17-19)8-11(15)12(10)20-6-5-18-3-1-2-4-18/h7-8,19H,1-6H2,(H2,16,17). The number of hydrogen-bond donors (Lipinski definition) is 2. The van der Waals surface area contributed by atoms with E-state index in [0.29, 0.717) is 6.54 Å². The van der Waals surface area contributed by atoms with Crippen molar-refractivity contribution in [2.75, 3.05) is 26.2 Å². The van der Waals surface area contributed by atoms with Gasteiger partial charge in [-0.15, -0.1) is 0 Å². The molecule has 0 amide bonds. The minimum absolute atomic E-state index is 0.0330. The number of nitrogens with zero attached hydrogens (tertiary/aromatic N) is 2. The predicted molar refractivity (Wildman–Crippen MR) is 70.0 cm³/mol. The Morgan fingerprint density at radius 1 is 1.30 bits per heavy atom. The number of benzene rings is 1. The van der Waals surface area contributed by atoms with Gasteiger partial charge in [-0.2, -0.15) is 0 Å². The van der Waals surface area contributed by atoms with Crippen LogP contribution in [0.25, 0.3) is 0 Å². The van der Waals surface area contributed by atoms with E-state index in [-0.39, 0.29) is 18.0 Å². The summed E-state index contributed by atoms with van der Waals surface area (Å²) in [6, 6.07) is 1.95. The fourth-order valence-corrected chi connectivity index (χ4v) is 2.19. The lowest BCUT2D eigenvalue weighted by Gasteiger charge is -2.15. The van der Waals surface area contributed by atoms with Crippen LogP contribution in [0.2, 0.25) is 0 Å². The topological polar surface area (TPSA) is 71.1 Å². The summed E-state index contributed by atoms with van der Waals surface area (Å²) in [5.41, 5.74) is 5.25. The van der Waals surface area contributed by atoms with Gasteiger partial charge in [0, 0.05) is 12.1 Å². The third-order valence-electron chi connectivity index (χ3n) is 3.25. The summed E-state index contributed by atoms with van der Waals surface area (Å²) < 4.78 is 32.6. The molecule has 0 aromatic heterocycles. The van der Waals surface area contributed by atoms with Crippen LogP contribution in [0.3, 0.4) is 0 Å². The van der Waals surface area contributed by atoms with Gasteiger partial charge in [-0.1, -0.05) is 5.16 Å². The molecule has 110 valence electrons. The van der Waals surface area contributed by atoms with Crippen molar-refractivity contribution < 1.29 is 18.7 Å². The lowest BCUT2D eigenvalue weighted by atomic mass is 10.2. The average molecular weight is 285 g/mol. The largest absolute Gasteiger partial charge is 0.486 e. The summed E-state index contributed by atoms with van der Waals surface area (Å²) in [5.74, 6) is -2.52. The Bertz CT molecular complexity index is 479. The van der Waals surface area contributed by atoms with Gasteiger partial charge in [-0.05, 0) is 38.1 Å². The summed E-state index contributed by atoms with van der Waals surface area (Å²) in [4.78, 5) is 2.18. The molecular weight excluding hydrogens is 268 g/mol. The van der Waals surface area contributed by atoms with Crippen molar-refractivity contribution >= 4 is 5.84 Å². The molecule has 0 radical (unpaired) electrons. The van der Waals surface area contributed by atoms with Gasteiger partial charge in [0.1, 0.15) is 6.61 Å². The summed E-state index contributed by atoms with van der Waals surface area (Å²) in [7, 11) is 0. The van der Waals surface area contributed by atoms with Crippen molar-refractivity contribution in [1.29, 1.82) is 0 Å². The van der Waals surface area contributed by atoms with Crippen molar-refractivity contribution in [3.63, 3.8) is 0 Å². The van der Waals surface area contributed by atoms with Gasteiger partial charge in [-0.3, -0.25) is 4.90 Å². The molecule has 0 bridgehead atoms. The number of rotatable bonds is 5. The molecule has 1 fully saturated rings. The molecule has 3 N–H and O–H groups in total. The Kier molecular flexibility index (Phi) is 4.73. The number of oxime groups is 1. The Labute approximate surface area is 115 Å². The van der Waals surface area contributed by atoms with Gasteiger partial charge < -0.3 is 15.7 Å². The maximum absolute atomic E-state index is 13.7. The van der Waals surface area contributed by atoms with Crippen LogP contribution in [0.15, 0.2) is 17.3 Å². The minimum atomic E-state index is -0.868. The number of amidine groups is 1. The molecule has 1 aromatic rings. The van der Waals surface area contributed by atoms with Gasteiger partial charge >= 0.3 is 0 Å². The highest BCUT2D eigenvalue weighted by Crippen LogP contribution is 2.23. The van der Waals surface area contributed by atoms with Gasteiger partial charge in [0.25, 0.3) is 0 Å². The first-order chi connectivity index (χ1) is 9.61. The van der Waals surface area contributed by atoms with Crippen molar-refractivity contribution in [1.82, 2.24) is 4.90 Å².